The Morgan fingerprint density at radius 3 is 2.94 bits per heavy atom. The molecule has 2 aromatic rings. The molecule has 0 saturated carbocycles. The third kappa shape index (κ3) is 2.07. The van der Waals surface area contributed by atoms with Crippen molar-refractivity contribution in [3.8, 4) is 0 Å². The number of pyridine rings is 1. The van der Waals surface area contributed by atoms with Crippen LogP contribution in [0.5, 0.6) is 0 Å². The van der Waals surface area contributed by atoms with Crippen LogP contribution in [0, 0.1) is 5.82 Å². The van der Waals surface area contributed by atoms with Crippen LogP contribution < -0.4 is 5.32 Å². The van der Waals surface area contributed by atoms with Gasteiger partial charge >= 0.3 is 0 Å². The Morgan fingerprint density at radius 2 is 2.17 bits per heavy atom. The molecule has 1 aromatic carbocycles. The first kappa shape index (κ1) is 11.2. The lowest BCUT2D eigenvalue weighted by molar-refractivity contribution is 0.622. The predicted molar refractivity (Wildman–Crippen MR) is 70.2 cm³/mol. The zero-order valence-electron chi connectivity index (χ0n) is 9.32. The molecule has 3 rings (SSSR count). The summed E-state index contributed by atoms with van der Waals surface area (Å²) in [6.45, 7) is 0.671. The van der Waals surface area contributed by atoms with Gasteiger partial charge in [0.1, 0.15) is 11.6 Å². The van der Waals surface area contributed by atoms with Crippen LogP contribution in [-0.2, 0) is 6.54 Å². The van der Waals surface area contributed by atoms with Gasteiger partial charge in [-0.05, 0) is 35.4 Å². The summed E-state index contributed by atoms with van der Waals surface area (Å²) in [5, 5.41) is 3.66. The second kappa shape index (κ2) is 4.38. The quantitative estimate of drug-likeness (QED) is 0.898. The molecule has 5 heteroatoms. The Morgan fingerprint density at radius 1 is 1.28 bits per heavy atom. The van der Waals surface area contributed by atoms with Crippen molar-refractivity contribution in [2.45, 2.75) is 6.54 Å². The normalized spacial score (nSPS) is 12.6. The second-order valence-electron chi connectivity index (χ2n) is 3.99. The molecule has 0 spiro atoms. The fourth-order valence-corrected chi connectivity index (χ4v) is 2.05. The largest absolute Gasteiger partial charge is 0.339 e. The van der Waals surface area contributed by atoms with Crippen LogP contribution in [0.25, 0.3) is 0 Å². The summed E-state index contributed by atoms with van der Waals surface area (Å²) in [5.41, 5.74) is 2.89. The lowest BCUT2D eigenvalue weighted by atomic mass is 10.1. The van der Waals surface area contributed by atoms with Crippen LogP contribution in [0.2, 0.25) is 5.02 Å². The monoisotopic (exact) mass is 261 g/mol. The Kier molecular flexibility index (Phi) is 2.72. The van der Waals surface area contributed by atoms with Crippen molar-refractivity contribution in [2.24, 2.45) is 4.99 Å². The first-order chi connectivity index (χ1) is 8.72. The van der Waals surface area contributed by atoms with Crippen LogP contribution in [0.15, 0.2) is 35.5 Å². The van der Waals surface area contributed by atoms with Crippen LogP contribution >= 0.6 is 11.6 Å². The number of halogens is 2. The molecular formula is C13H9ClFN3. The molecule has 1 aliphatic rings. The van der Waals surface area contributed by atoms with Crippen molar-refractivity contribution < 1.29 is 4.39 Å². The van der Waals surface area contributed by atoms with Crippen molar-refractivity contribution >= 4 is 29.3 Å². The molecule has 0 aliphatic carbocycles. The van der Waals surface area contributed by atoms with Crippen molar-refractivity contribution in [3.63, 3.8) is 0 Å². The molecular weight excluding hydrogens is 253 g/mol. The number of nitrogens with zero attached hydrogens (tertiary/aromatic N) is 2. The first-order valence-electron chi connectivity index (χ1n) is 5.43. The zero-order valence-corrected chi connectivity index (χ0v) is 10.1. The van der Waals surface area contributed by atoms with Gasteiger partial charge in [0.2, 0.25) is 0 Å². The van der Waals surface area contributed by atoms with Crippen molar-refractivity contribution in [2.75, 3.05) is 5.32 Å². The van der Waals surface area contributed by atoms with E-state index in [0.29, 0.717) is 17.4 Å². The van der Waals surface area contributed by atoms with Crippen LogP contribution in [-0.4, -0.2) is 11.2 Å². The summed E-state index contributed by atoms with van der Waals surface area (Å²) in [7, 11) is 0. The third-order valence-electron chi connectivity index (χ3n) is 2.71. The van der Waals surface area contributed by atoms with Gasteiger partial charge < -0.3 is 5.32 Å². The molecule has 1 N–H and O–H groups in total. The van der Waals surface area contributed by atoms with E-state index in [1.54, 1.807) is 6.07 Å². The SMILES string of the molecule is Fc1ccc(Nc2cc3c(cc2Cl)CN=C3)nc1. The summed E-state index contributed by atoms with van der Waals surface area (Å²) in [5.74, 6) is 0.181. The molecule has 0 saturated heterocycles. The maximum absolute atomic E-state index is 12.8. The van der Waals surface area contributed by atoms with Gasteiger partial charge in [-0.2, -0.15) is 0 Å². The molecule has 2 heterocycles. The number of nitrogens with one attached hydrogen (secondary N) is 1. The van der Waals surface area contributed by atoms with Gasteiger partial charge in [0, 0.05) is 6.21 Å². The van der Waals surface area contributed by atoms with Gasteiger partial charge in [-0.15, -0.1) is 0 Å². The van der Waals surface area contributed by atoms with E-state index < -0.39 is 0 Å². The summed E-state index contributed by atoms with van der Waals surface area (Å²) >= 11 is 6.17. The molecule has 0 amide bonds. The van der Waals surface area contributed by atoms with E-state index in [0.717, 1.165) is 23.0 Å². The minimum Gasteiger partial charge on any atom is -0.339 e. The van der Waals surface area contributed by atoms with Crippen molar-refractivity contribution in [1.29, 1.82) is 0 Å². The molecule has 1 aliphatic heterocycles. The second-order valence-corrected chi connectivity index (χ2v) is 4.39. The van der Waals surface area contributed by atoms with Gasteiger partial charge in [0.15, 0.2) is 0 Å². The third-order valence-corrected chi connectivity index (χ3v) is 3.02. The molecule has 3 nitrogen and oxygen atoms in total. The van der Waals surface area contributed by atoms with E-state index in [2.05, 4.69) is 15.3 Å². The number of hydrogen-bond acceptors (Lipinski definition) is 3. The lowest BCUT2D eigenvalue weighted by Gasteiger charge is -2.09. The fourth-order valence-electron chi connectivity index (χ4n) is 1.81. The van der Waals surface area contributed by atoms with E-state index in [9.17, 15) is 4.39 Å². The highest BCUT2D eigenvalue weighted by Gasteiger charge is 2.11. The Hall–Kier alpha value is -1.94. The topological polar surface area (TPSA) is 37.3 Å². The summed E-state index contributed by atoms with van der Waals surface area (Å²) < 4.78 is 12.8. The molecule has 0 radical (unpaired) electrons. The van der Waals surface area contributed by atoms with E-state index in [1.165, 1.54) is 6.07 Å². The number of hydrogen-bond donors (Lipinski definition) is 1. The molecule has 0 atom stereocenters. The lowest BCUT2D eigenvalue weighted by Crippen LogP contribution is -1.96. The number of rotatable bonds is 2. The number of benzene rings is 1. The average Bonchev–Trinajstić information content (AvgIpc) is 2.79. The Labute approximate surface area is 108 Å². The fraction of sp³-hybridized carbons (Fsp3) is 0.0769. The van der Waals surface area contributed by atoms with Crippen molar-refractivity contribution in [1.82, 2.24) is 4.98 Å². The maximum atomic E-state index is 12.8. The van der Waals surface area contributed by atoms with Gasteiger partial charge in [-0.3, -0.25) is 4.99 Å². The zero-order chi connectivity index (χ0) is 12.5. The Balaban J connectivity index is 1.93. The van der Waals surface area contributed by atoms with Crippen LogP contribution in [0.4, 0.5) is 15.9 Å². The van der Waals surface area contributed by atoms with E-state index in [1.807, 2.05) is 18.3 Å². The number of anilines is 2. The smallest absolute Gasteiger partial charge is 0.141 e. The van der Waals surface area contributed by atoms with Crippen LogP contribution in [0.3, 0.4) is 0 Å². The van der Waals surface area contributed by atoms with Gasteiger partial charge in [0.05, 0.1) is 23.5 Å². The minimum atomic E-state index is -0.368. The summed E-state index contributed by atoms with van der Waals surface area (Å²) in [6.07, 6.45) is 2.97. The van der Waals surface area contributed by atoms with Gasteiger partial charge in [-0.25, -0.2) is 9.37 Å². The van der Waals surface area contributed by atoms with E-state index in [4.69, 9.17) is 11.6 Å². The van der Waals surface area contributed by atoms with Gasteiger partial charge in [-0.1, -0.05) is 11.6 Å². The predicted octanol–water partition coefficient (Wildman–Crippen LogP) is 3.55. The standard InChI is InChI=1S/C13H9ClFN3/c14-11-3-8-5-16-6-9(8)4-12(11)18-13-2-1-10(15)7-17-13/h1-4,6-7H,5H2,(H,17,18). The highest BCUT2D eigenvalue weighted by molar-refractivity contribution is 6.33. The molecule has 1 aromatic heterocycles. The molecule has 18 heavy (non-hydrogen) atoms. The maximum Gasteiger partial charge on any atom is 0.141 e. The van der Waals surface area contributed by atoms with Crippen molar-refractivity contribution in [3.05, 3.63) is 52.4 Å². The number of aliphatic imine (C=N–C) groups is 1. The van der Waals surface area contributed by atoms with E-state index in [-0.39, 0.29) is 5.82 Å². The van der Waals surface area contributed by atoms with Crippen LogP contribution in [0.1, 0.15) is 11.1 Å². The number of fused-ring (bicyclic) bond motifs is 1. The minimum absolute atomic E-state index is 0.368. The molecule has 0 fully saturated rings. The highest BCUT2D eigenvalue weighted by Crippen LogP contribution is 2.29. The Bertz CT molecular complexity index is 623. The first-order valence-corrected chi connectivity index (χ1v) is 5.81. The summed E-state index contributed by atoms with van der Waals surface area (Å²) in [6, 6.07) is 6.71. The number of aromatic nitrogens is 1. The van der Waals surface area contributed by atoms with E-state index >= 15 is 0 Å². The van der Waals surface area contributed by atoms with Gasteiger partial charge in [0.25, 0.3) is 0 Å². The average molecular weight is 262 g/mol. The molecule has 0 unspecified atom stereocenters. The molecule has 90 valence electrons. The highest BCUT2D eigenvalue weighted by atomic mass is 35.5. The molecule has 0 bridgehead atoms. The summed E-state index contributed by atoms with van der Waals surface area (Å²) in [4.78, 5) is 8.11.